The Kier molecular flexibility index (Phi) is 4.92. The summed E-state index contributed by atoms with van der Waals surface area (Å²) < 4.78 is 38.8. The Balaban J connectivity index is 1.61. The third-order valence-electron chi connectivity index (χ3n) is 7.83. The third-order valence-corrected chi connectivity index (χ3v) is 7.83. The smallest absolute Gasteiger partial charge is 0.387 e. The fraction of sp³-hybridized carbons (Fsp3) is 0.480. The van der Waals surface area contributed by atoms with Gasteiger partial charge in [-0.1, -0.05) is 6.92 Å². The molecule has 8 nitrogen and oxygen atoms in total. The van der Waals surface area contributed by atoms with E-state index >= 15 is 0 Å². The molecule has 2 fully saturated rings. The zero-order valence-corrected chi connectivity index (χ0v) is 19.6. The topological polar surface area (TPSA) is 105 Å². The number of fused-ring (bicyclic) bond motifs is 4. The number of carbonyl (C=O) groups is 1. The zero-order chi connectivity index (χ0) is 25.3. The number of hydrogen-bond acceptors (Lipinski definition) is 6. The summed E-state index contributed by atoms with van der Waals surface area (Å²) in [6.07, 6.45) is 3.48. The van der Waals surface area contributed by atoms with Gasteiger partial charge in [0.25, 0.3) is 0 Å². The highest BCUT2D eigenvalue weighted by molar-refractivity contribution is 5.88. The van der Waals surface area contributed by atoms with Gasteiger partial charge in [0.1, 0.15) is 5.56 Å². The van der Waals surface area contributed by atoms with Crippen LogP contribution < -0.4 is 19.9 Å². The lowest BCUT2D eigenvalue weighted by molar-refractivity contribution is -0.0516. The molecule has 2 heterocycles. The number of ether oxygens (including phenoxy) is 2. The monoisotopic (exact) mass is 485 g/mol. The van der Waals surface area contributed by atoms with Crippen LogP contribution in [0.15, 0.2) is 29.2 Å². The quantitative estimate of drug-likeness (QED) is 0.599. The molecule has 3 aliphatic rings. The molecule has 10 heteroatoms. The summed E-state index contributed by atoms with van der Waals surface area (Å²) in [5.74, 6) is -1.37. The molecule has 0 spiro atoms. The number of rotatable bonds is 8. The van der Waals surface area contributed by atoms with Crippen molar-refractivity contribution in [2.24, 2.45) is 10.8 Å². The van der Waals surface area contributed by atoms with E-state index < -0.39 is 23.5 Å². The standard InChI is InChI=1S/C25H25F2N3O5/c1-4-23(2,3)30-8-14-5-19(34-13-25-10-24(25,11-25)12-28)20(35-22(26)27)6-15(14)17-7-18(31)16(21(32)33)9-29(17)30/h5-7,9,22H,4,8,10-11,13H2,1-3H3,(H,32,33). The second kappa shape index (κ2) is 7.44. The third kappa shape index (κ3) is 3.52. The predicted molar refractivity (Wildman–Crippen MR) is 121 cm³/mol. The molecule has 184 valence electrons. The van der Waals surface area contributed by atoms with Crippen molar-refractivity contribution in [3.8, 4) is 28.8 Å². The Hall–Kier alpha value is -3.61. The molecule has 0 unspecified atom stereocenters. The number of halogens is 2. The van der Waals surface area contributed by atoms with Gasteiger partial charge in [0, 0.05) is 23.2 Å². The van der Waals surface area contributed by atoms with E-state index in [4.69, 9.17) is 9.47 Å². The average Bonchev–Trinajstić information content (AvgIpc) is 3.63. The van der Waals surface area contributed by atoms with E-state index in [1.54, 1.807) is 10.7 Å². The molecule has 1 aromatic heterocycles. The SMILES string of the molecule is CCC(C)(C)N1Cc2cc(OCC34CC3(C#N)C4)c(OC(F)F)cc2-c2cc(=O)c(C(=O)O)cn21. The first-order chi connectivity index (χ1) is 16.5. The minimum Gasteiger partial charge on any atom is -0.489 e. The number of aromatic nitrogens is 1. The van der Waals surface area contributed by atoms with Crippen LogP contribution in [0.1, 0.15) is 56.0 Å². The van der Waals surface area contributed by atoms with Crippen LogP contribution in [0.4, 0.5) is 8.78 Å². The lowest BCUT2D eigenvalue weighted by Crippen LogP contribution is -2.52. The van der Waals surface area contributed by atoms with Crippen molar-refractivity contribution in [1.29, 1.82) is 5.26 Å². The number of nitriles is 1. The van der Waals surface area contributed by atoms with E-state index in [2.05, 4.69) is 6.07 Å². The number of aromatic carboxylic acids is 1. The molecule has 2 saturated carbocycles. The van der Waals surface area contributed by atoms with Gasteiger partial charge in [-0.2, -0.15) is 14.0 Å². The molecule has 0 atom stereocenters. The molecule has 1 N–H and O–H groups in total. The van der Waals surface area contributed by atoms with Gasteiger partial charge < -0.3 is 19.6 Å². The van der Waals surface area contributed by atoms with E-state index in [1.165, 1.54) is 18.3 Å². The summed E-state index contributed by atoms with van der Waals surface area (Å²) in [6.45, 7) is 3.45. The summed E-state index contributed by atoms with van der Waals surface area (Å²) in [6, 6.07) is 6.57. The summed E-state index contributed by atoms with van der Waals surface area (Å²) in [4.78, 5) is 24.2. The number of carboxylic acid groups (broad SMARTS) is 1. The van der Waals surface area contributed by atoms with Crippen LogP contribution in [0.25, 0.3) is 11.3 Å². The van der Waals surface area contributed by atoms with Crippen molar-refractivity contribution in [3.63, 3.8) is 0 Å². The summed E-state index contributed by atoms with van der Waals surface area (Å²) in [7, 11) is 0. The lowest BCUT2D eigenvalue weighted by atomic mass is 9.95. The highest BCUT2D eigenvalue weighted by atomic mass is 19.3. The number of hydrogen-bond donors (Lipinski definition) is 1. The van der Waals surface area contributed by atoms with Crippen molar-refractivity contribution in [2.75, 3.05) is 11.6 Å². The van der Waals surface area contributed by atoms with Gasteiger partial charge in [-0.3, -0.25) is 9.47 Å². The second-order valence-corrected chi connectivity index (χ2v) is 10.3. The van der Waals surface area contributed by atoms with Crippen molar-refractivity contribution >= 4 is 5.97 Å². The van der Waals surface area contributed by atoms with Crippen LogP contribution in [0.5, 0.6) is 11.5 Å². The number of benzene rings is 1. The van der Waals surface area contributed by atoms with Gasteiger partial charge in [-0.05, 0) is 50.8 Å². The molecule has 0 radical (unpaired) electrons. The van der Waals surface area contributed by atoms with Crippen molar-refractivity contribution < 1.29 is 28.2 Å². The molecular formula is C25H25F2N3O5. The first-order valence-electron chi connectivity index (χ1n) is 11.4. The van der Waals surface area contributed by atoms with Crippen molar-refractivity contribution in [1.82, 2.24) is 4.68 Å². The van der Waals surface area contributed by atoms with Gasteiger partial charge in [-0.15, -0.1) is 0 Å². The fourth-order valence-electron chi connectivity index (χ4n) is 4.95. The minimum atomic E-state index is -3.09. The van der Waals surface area contributed by atoms with Crippen molar-refractivity contribution in [3.05, 3.63) is 45.7 Å². The van der Waals surface area contributed by atoms with Crippen LogP contribution in [0.3, 0.4) is 0 Å². The van der Waals surface area contributed by atoms with Crippen LogP contribution in [0.2, 0.25) is 0 Å². The van der Waals surface area contributed by atoms with E-state index in [1.807, 2.05) is 25.8 Å². The molecule has 1 aromatic carbocycles. The molecule has 0 bridgehead atoms. The maximum absolute atomic E-state index is 13.3. The van der Waals surface area contributed by atoms with Crippen LogP contribution >= 0.6 is 0 Å². The summed E-state index contributed by atoms with van der Waals surface area (Å²) >= 11 is 0. The molecule has 0 saturated heterocycles. The maximum Gasteiger partial charge on any atom is 0.387 e. The Morgan fingerprint density at radius 2 is 2.00 bits per heavy atom. The molecule has 2 aromatic rings. The normalized spacial score (nSPS) is 23.6. The van der Waals surface area contributed by atoms with Gasteiger partial charge in [-0.25, -0.2) is 4.79 Å². The lowest BCUT2D eigenvalue weighted by Gasteiger charge is -2.45. The Bertz CT molecular complexity index is 1340. The largest absolute Gasteiger partial charge is 0.489 e. The number of pyridine rings is 1. The number of alkyl halides is 2. The predicted octanol–water partition coefficient (Wildman–Crippen LogP) is 4.14. The second-order valence-electron chi connectivity index (χ2n) is 10.3. The first kappa shape index (κ1) is 23.1. The average molecular weight is 485 g/mol. The molecule has 0 amide bonds. The van der Waals surface area contributed by atoms with E-state index in [-0.39, 0.29) is 34.5 Å². The summed E-state index contributed by atoms with van der Waals surface area (Å²) in [5.41, 5.74) is -0.459. The van der Waals surface area contributed by atoms with Gasteiger partial charge in [0.05, 0.1) is 35.9 Å². The Morgan fingerprint density at radius 1 is 1.29 bits per heavy atom. The van der Waals surface area contributed by atoms with Crippen LogP contribution in [-0.4, -0.2) is 34.5 Å². The van der Waals surface area contributed by atoms with E-state index in [9.17, 15) is 28.7 Å². The number of nitrogens with zero attached hydrogens (tertiary/aromatic N) is 3. The fourth-order valence-corrected chi connectivity index (χ4v) is 4.95. The highest BCUT2D eigenvalue weighted by Crippen LogP contribution is 2.85. The van der Waals surface area contributed by atoms with Gasteiger partial charge in [0.15, 0.2) is 16.9 Å². The zero-order valence-electron chi connectivity index (χ0n) is 19.6. The Labute approximate surface area is 200 Å². The first-order valence-corrected chi connectivity index (χ1v) is 11.4. The molecule has 1 aliphatic heterocycles. The molecule has 35 heavy (non-hydrogen) atoms. The van der Waals surface area contributed by atoms with Gasteiger partial charge in [0.2, 0.25) is 0 Å². The molecule has 5 rings (SSSR count). The van der Waals surface area contributed by atoms with Gasteiger partial charge >= 0.3 is 12.6 Å². The van der Waals surface area contributed by atoms with Crippen molar-refractivity contribution in [2.45, 2.75) is 58.7 Å². The van der Waals surface area contributed by atoms with Crippen LogP contribution in [0, 0.1) is 22.2 Å². The number of carboxylic acids is 1. The minimum absolute atomic E-state index is 0.149. The van der Waals surface area contributed by atoms with E-state index in [0.717, 1.165) is 18.4 Å². The summed E-state index contributed by atoms with van der Waals surface area (Å²) in [5, 5.41) is 20.7. The maximum atomic E-state index is 13.3. The highest BCUT2D eigenvalue weighted by Gasteiger charge is 2.84. The van der Waals surface area contributed by atoms with Crippen LogP contribution in [-0.2, 0) is 6.54 Å². The molecular weight excluding hydrogens is 460 g/mol. The molecule has 2 aliphatic carbocycles. The van der Waals surface area contributed by atoms with E-state index in [0.29, 0.717) is 24.2 Å². The Morgan fingerprint density at radius 3 is 2.57 bits per heavy atom.